The monoisotopic (exact) mass is 491 g/mol. The van der Waals surface area contributed by atoms with Crippen molar-refractivity contribution >= 4 is 12.1 Å². The number of esters is 1. The van der Waals surface area contributed by atoms with Crippen molar-refractivity contribution in [1.29, 1.82) is 0 Å². The molecule has 36 heavy (non-hydrogen) atoms. The minimum Gasteiger partial charge on any atom is -0.489 e. The summed E-state index contributed by atoms with van der Waals surface area (Å²) in [4.78, 5) is 28.4. The predicted octanol–water partition coefficient (Wildman–Crippen LogP) is 6.46. The first-order valence-electron chi connectivity index (χ1n) is 12.2. The van der Waals surface area contributed by atoms with Gasteiger partial charge in [-0.3, -0.25) is 4.90 Å². The first kappa shape index (κ1) is 27.1. The third kappa shape index (κ3) is 6.36. The summed E-state index contributed by atoms with van der Waals surface area (Å²) in [5, 5.41) is 0. The van der Waals surface area contributed by atoms with E-state index in [1.54, 1.807) is 0 Å². The van der Waals surface area contributed by atoms with Crippen LogP contribution in [0, 0.1) is 5.41 Å². The van der Waals surface area contributed by atoms with E-state index in [1.807, 2.05) is 95.3 Å². The molecule has 6 heteroatoms. The Hall–Kier alpha value is -3.54. The van der Waals surface area contributed by atoms with Crippen molar-refractivity contribution in [3.05, 3.63) is 90.0 Å². The molecule has 1 aliphatic heterocycles. The second-order valence-corrected chi connectivity index (χ2v) is 10.5. The first-order chi connectivity index (χ1) is 17.1. The van der Waals surface area contributed by atoms with Gasteiger partial charge in [0.2, 0.25) is 0 Å². The maximum Gasteiger partial charge on any atom is 0.414 e. The molecule has 1 saturated heterocycles. The van der Waals surface area contributed by atoms with E-state index in [0.717, 1.165) is 22.4 Å². The molecule has 2 atom stereocenters. The summed E-state index contributed by atoms with van der Waals surface area (Å²) in [6.45, 7) is 13.9. The molecular weight excluding hydrogens is 454 g/mol. The van der Waals surface area contributed by atoms with Crippen LogP contribution in [0.4, 0.5) is 4.79 Å². The molecular formula is C30H37NO5. The van der Waals surface area contributed by atoms with Gasteiger partial charge < -0.3 is 14.2 Å². The third-order valence-corrected chi connectivity index (χ3v) is 6.07. The Morgan fingerprint density at radius 2 is 1.75 bits per heavy atom. The number of ether oxygens (including phenoxy) is 3. The van der Waals surface area contributed by atoms with Gasteiger partial charge in [-0.05, 0) is 37.1 Å². The van der Waals surface area contributed by atoms with Crippen molar-refractivity contribution in [1.82, 2.24) is 4.90 Å². The normalized spacial score (nSPS) is 19.4. The van der Waals surface area contributed by atoms with Crippen LogP contribution in [0.15, 0.2) is 78.9 Å². The van der Waals surface area contributed by atoms with Crippen LogP contribution in [-0.4, -0.2) is 35.3 Å². The zero-order valence-electron chi connectivity index (χ0n) is 22.0. The van der Waals surface area contributed by atoms with Gasteiger partial charge >= 0.3 is 12.1 Å². The van der Waals surface area contributed by atoms with Crippen LogP contribution in [0.5, 0.6) is 5.75 Å². The van der Waals surface area contributed by atoms with Crippen LogP contribution in [0.25, 0.3) is 0 Å². The summed E-state index contributed by atoms with van der Waals surface area (Å²) >= 11 is 0. The molecule has 1 fully saturated rings. The molecule has 0 aliphatic carbocycles. The SMILES string of the molecule is C=CCOC(=O)N1[C@H](C(C)(C)C)OC(=O)[C@@]1(CC=C(C)C)Cc1ccc(OCc2ccccc2)cc1. The highest BCUT2D eigenvalue weighted by molar-refractivity contribution is 5.89. The van der Waals surface area contributed by atoms with Crippen LogP contribution < -0.4 is 4.74 Å². The Kier molecular flexibility index (Phi) is 8.62. The number of carbonyl (C=O) groups is 2. The Morgan fingerprint density at radius 3 is 2.33 bits per heavy atom. The number of benzene rings is 2. The fourth-order valence-corrected chi connectivity index (χ4v) is 4.19. The molecule has 0 saturated carbocycles. The summed E-state index contributed by atoms with van der Waals surface area (Å²) in [6.07, 6.45) is 2.72. The average molecular weight is 492 g/mol. The molecule has 0 radical (unpaired) electrons. The second kappa shape index (κ2) is 11.5. The molecule has 0 unspecified atom stereocenters. The van der Waals surface area contributed by atoms with Crippen LogP contribution in [-0.2, 0) is 27.3 Å². The summed E-state index contributed by atoms with van der Waals surface area (Å²) in [5.74, 6) is 0.296. The zero-order chi connectivity index (χ0) is 26.3. The Labute approximate surface area is 214 Å². The van der Waals surface area contributed by atoms with Crippen LogP contribution in [0.2, 0.25) is 0 Å². The van der Waals surface area contributed by atoms with Crippen molar-refractivity contribution in [3.63, 3.8) is 0 Å². The zero-order valence-corrected chi connectivity index (χ0v) is 22.0. The van der Waals surface area contributed by atoms with Gasteiger partial charge in [-0.2, -0.15) is 0 Å². The smallest absolute Gasteiger partial charge is 0.414 e. The van der Waals surface area contributed by atoms with Crippen LogP contribution in [0.3, 0.4) is 0 Å². The minimum atomic E-state index is -1.24. The molecule has 0 aromatic heterocycles. The van der Waals surface area contributed by atoms with E-state index in [2.05, 4.69) is 6.58 Å². The van der Waals surface area contributed by atoms with Crippen molar-refractivity contribution in [2.45, 2.75) is 65.8 Å². The Bertz CT molecular complexity index is 1080. The number of carbonyl (C=O) groups excluding carboxylic acids is 2. The number of hydrogen-bond donors (Lipinski definition) is 0. The van der Waals surface area contributed by atoms with Gasteiger partial charge in [0, 0.05) is 18.3 Å². The molecule has 2 aromatic rings. The van der Waals surface area contributed by atoms with Gasteiger partial charge in [0.05, 0.1) is 0 Å². The topological polar surface area (TPSA) is 65.1 Å². The fourth-order valence-electron chi connectivity index (χ4n) is 4.19. The van der Waals surface area contributed by atoms with Gasteiger partial charge in [0.1, 0.15) is 19.0 Å². The molecule has 1 aliphatic rings. The molecule has 0 spiro atoms. The lowest BCUT2D eigenvalue weighted by molar-refractivity contribution is -0.148. The molecule has 0 N–H and O–H groups in total. The van der Waals surface area contributed by atoms with E-state index in [4.69, 9.17) is 14.2 Å². The number of rotatable bonds is 9. The standard InChI is InChI=1S/C30H37NO5/c1-7-19-34-28(33)31-26(29(4,5)6)36-27(32)30(31,18-17-22(2)3)20-23-13-15-25(16-14-23)35-21-24-11-9-8-10-12-24/h7-17,26H,1,18-21H2,2-6H3/t26-,30+/m0/s1. The van der Waals surface area contributed by atoms with E-state index in [9.17, 15) is 9.59 Å². The fraction of sp³-hybridized carbons (Fsp3) is 0.400. The van der Waals surface area contributed by atoms with Crippen molar-refractivity contribution < 1.29 is 23.8 Å². The van der Waals surface area contributed by atoms with Gasteiger partial charge in [0.15, 0.2) is 11.8 Å². The third-order valence-electron chi connectivity index (χ3n) is 6.07. The molecule has 2 aromatic carbocycles. The average Bonchev–Trinajstić information content (AvgIpc) is 3.14. The lowest BCUT2D eigenvalue weighted by Gasteiger charge is -2.39. The van der Waals surface area contributed by atoms with E-state index in [-0.39, 0.29) is 13.0 Å². The molecule has 192 valence electrons. The van der Waals surface area contributed by atoms with E-state index >= 15 is 0 Å². The number of amides is 1. The summed E-state index contributed by atoms with van der Waals surface area (Å²) in [6, 6.07) is 17.6. The number of allylic oxidation sites excluding steroid dienone is 1. The predicted molar refractivity (Wildman–Crippen MR) is 140 cm³/mol. The highest BCUT2D eigenvalue weighted by Gasteiger charge is 2.60. The number of nitrogens with zero attached hydrogens (tertiary/aromatic N) is 1. The van der Waals surface area contributed by atoms with Gasteiger partial charge in [-0.1, -0.05) is 87.5 Å². The molecule has 1 heterocycles. The number of hydrogen-bond acceptors (Lipinski definition) is 5. The maximum atomic E-state index is 13.5. The Balaban J connectivity index is 1.92. The van der Waals surface area contributed by atoms with Crippen LogP contribution >= 0.6 is 0 Å². The highest BCUT2D eigenvalue weighted by Crippen LogP contribution is 2.42. The summed E-state index contributed by atoms with van der Waals surface area (Å²) < 4.78 is 17.2. The molecule has 3 rings (SSSR count). The van der Waals surface area contributed by atoms with E-state index in [1.165, 1.54) is 11.0 Å². The lowest BCUT2D eigenvalue weighted by Crippen LogP contribution is -2.57. The van der Waals surface area contributed by atoms with Gasteiger partial charge in [-0.25, -0.2) is 9.59 Å². The van der Waals surface area contributed by atoms with E-state index in [0.29, 0.717) is 13.0 Å². The Morgan fingerprint density at radius 1 is 1.08 bits per heavy atom. The maximum absolute atomic E-state index is 13.5. The summed E-state index contributed by atoms with van der Waals surface area (Å²) in [7, 11) is 0. The highest BCUT2D eigenvalue weighted by atomic mass is 16.6. The second-order valence-electron chi connectivity index (χ2n) is 10.5. The van der Waals surface area contributed by atoms with Crippen LogP contribution in [0.1, 0.15) is 52.2 Å². The van der Waals surface area contributed by atoms with Crippen molar-refractivity contribution in [3.8, 4) is 5.75 Å². The molecule has 1 amide bonds. The minimum absolute atomic E-state index is 0.0482. The van der Waals surface area contributed by atoms with E-state index < -0.39 is 29.2 Å². The van der Waals surface area contributed by atoms with Crippen molar-refractivity contribution in [2.75, 3.05) is 6.61 Å². The number of cyclic esters (lactones) is 1. The molecule has 6 nitrogen and oxygen atoms in total. The first-order valence-corrected chi connectivity index (χ1v) is 12.2. The summed E-state index contributed by atoms with van der Waals surface area (Å²) in [5.41, 5.74) is 1.27. The van der Waals surface area contributed by atoms with Gasteiger partial charge in [-0.15, -0.1) is 0 Å². The molecule has 0 bridgehead atoms. The van der Waals surface area contributed by atoms with Gasteiger partial charge in [0.25, 0.3) is 0 Å². The lowest BCUT2D eigenvalue weighted by atomic mass is 9.84. The van der Waals surface area contributed by atoms with Crippen molar-refractivity contribution in [2.24, 2.45) is 5.41 Å². The largest absolute Gasteiger partial charge is 0.489 e. The quantitative estimate of drug-likeness (QED) is 0.298.